The van der Waals surface area contributed by atoms with Crippen molar-refractivity contribution in [3.8, 4) is 0 Å². The van der Waals surface area contributed by atoms with Crippen molar-refractivity contribution in [3.05, 3.63) is 23.5 Å². The number of aliphatic carboxylic acids is 1. The van der Waals surface area contributed by atoms with Gasteiger partial charge in [-0.2, -0.15) is 13.2 Å². The van der Waals surface area contributed by atoms with Crippen LogP contribution in [0.2, 0.25) is 5.15 Å². The first-order valence-corrected chi connectivity index (χ1v) is 3.79. The molecule has 4 nitrogen and oxygen atoms in total. The number of nitrogen functional groups attached to an aromatic ring is 1. The third kappa shape index (κ3) is 5.74. The Kier molecular flexibility index (Phi) is 4.86. The lowest BCUT2D eigenvalue weighted by molar-refractivity contribution is -0.192. The van der Waals surface area contributed by atoms with E-state index in [0.29, 0.717) is 10.8 Å². The zero-order valence-corrected chi connectivity index (χ0v) is 7.88. The molecule has 0 atom stereocenters. The number of carboxylic acid groups (broad SMARTS) is 1. The van der Waals surface area contributed by atoms with E-state index in [1.165, 1.54) is 0 Å². The number of nitrogens with zero attached hydrogens (tertiary/aromatic N) is 1. The highest BCUT2D eigenvalue weighted by Gasteiger charge is 2.38. The van der Waals surface area contributed by atoms with Gasteiger partial charge in [0.25, 0.3) is 0 Å². The second kappa shape index (κ2) is 5.40. The van der Waals surface area contributed by atoms with Gasteiger partial charge in [0.2, 0.25) is 0 Å². The Balaban J connectivity index is 0.000000265. The Morgan fingerprint density at radius 1 is 1.53 bits per heavy atom. The topological polar surface area (TPSA) is 76.2 Å². The Hall–Kier alpha value is -1.50. The van der Waals surface area contributed by atoms with Gasteiger partial charge in [0.15, 0.2) is 5.15 Å². The van der Waals surface area contributed by atoms with E-state index in [4.69, 9.17) is 27.2 Å². The Morgan fingerprint density at radius 3 is 2.20 bits per heavy atom. The molecule has 1 aromatic rings. The van der Waals surface area contributed by atoms with Gasteiger partial charge in [-0.15, -0.1) is 0 Å². The van der Waals surface area contributed by atoms with Crippen LogP contribution in [0.25, 0.3) is 0 Å². The third-order valence-corrected chi connectivity index (χ3v) is 1.35. The predicted octanol–water partition coefficient (Wildman–Crippen LogP) is 1.95. The highest BCUT2D eigenvalue weighted by atomic mass is 35.5. The average molecular weight is 243 g/mol. The molecule has 0 amide bonds. The van der Waals surface area contributed by atoms with E-state index in [2.05, 4.69) is 4.98 Å². The van der Waals surface area contributed by atoms with Gasteiger partial charge in [-0.05, 0) is 12.1 Å². The zero-order valence-electron chi connectivity index (χ0n) is 7.12. The van der Waals surface area contributed by atoms with Gasteiger partial charge in [-0.25, -0.2) is 9.78 Å². The number of anilines is 1. The van der Waals surface area contributed by atoms with Crippen molar-refractivity contribution in [3.63, 3.8) is 0 Å². The van der Waals surface area contributed by atoms with E-state index in [-0.39, 0.29) is 0 Å². The summed E-state index contributed by atoms with van der Waals surface area (Å²) in [6, 6.07) is 3.44. The molecule has 84 valence electrons. The second-order valence-corrected chi connectivity index (χ2v) is 2.54. The van der Waals surface area contributed by atoms with E-state index in [0.717, 1.165) is 0 Å². The van der Waals surface area contributed by atoms with Gasteiger partial charge < -0.3 is 10.8 Å². The number of aromatic nitrogens is 1. The standard InChI is InChI=1S/C5H5ClN2.C2HF3O2/c6-5-4(7)2-1-3-8-5;3-2(4,5)1(6)7/h1-3H,7H2;(H,6,7). The van der Waals surface area contributed by atoms with Gasteiger partial charge in [0.05, 0.1) is 5.69 Å². The van der Waals surface area contributed by atoms with Gasteiger partial charge in [-0.3, -0.25) is 0 Å². The molecule has 0 unspecified atom stereocenters. The first kappa shape index (κ1) is 13.5. The highest BCUT2D eigenvalue weighted by molar-refractivity contribution is 6.31. The summed E-state index contributed by atoms with van der Waals surface area (Å²) in [5, 5.41) is 7.49. The summed E-state index contributed by atoms with van der Waals surface area (Å²) in [5.74, 6) is -2.76. The van der Waals surface area contributed by atoms with E-state index in [1.807, 2.05) is 0 Å². The largest absolute Gasteiger partial charge is 0.490 e. The average Bonchev–Trinajstić information content (AvgIpc) is 2.09. The molecule has 0 aliphatic rings. The molecule has 0 saturated heterocycles. The minimum atomic E-state index is -5.08. The van der Waals surface area contributed by atoms with Crippen LogP contribution in [0.5, 0.6) is 0 Å². The van der Waals surface area contributed by atoms with Crippen molar-refractivity contribution in [1.82, 2.24) is 4.98 Å². The summed E-state index contributed by atoms with van der Waals surface area (Å²) < 4.78 is 31.7. The molecule has 0 saturated carbocycles. The number of alkyl halides is 3. The van der Waals surface area contributed by atoms with Gasteiger partial charge in [0.1, 0.15) is 0 Å². The molecule has 0 aromatic carbocycles. The van der Waals surface area contributed by atoms with E-state index < -0.39 is 12.1 Å². The SMILES string of the molecule is Nc1cccnc1Cl.O=C(O)C(F)(F)F. The number of carboxylic acids is 1. The molecule has 0 fully saturated rings. The van der Waals surface area contributed by atoms with Crippen LogP contribution >= 0.6 is 11.6 Å². The summed E-state index contributed by atoms with van der Waals surface area (Å²) in [6.45, 7) is 0. The number of nitrogens with two attached hydrogens (primary N) is 1. The third-order valence-electron chi connectivity index (χ3n) is 1.03. The van der Waals surface area contributed by atoms with Crippen LogP contribution in [0, 0.1) is 0 Å². The van der Waals surface area contributed by atoms with Crippen molar-refractivity contribution in [1.29, 1.82) is 0 Å². The Labute approximate surface area is 87.5 Å². The molecule has 0 radical (unpaired) electrons. The van der Waals surface area contributed by atoms with Gasteiger partial charge >= 0.3 is 12.1 Å². The fourth-order valence-electron chi connectivity index (χ4n) is 0.398. The van der Waals surface area contributed by atoms with Crippen molar-refractivity contribution in [2.45, 2.75) is 6.18 Å². The van der Waals surface area contributed by atoms with Crippen LogP contribution in [0.1, 0.15) is 0 Å². The maximum Gasteiger partial charge on any atom is 0.490 e. The van der Waals surface area contributed by atoms with E-state index in [9.17, 15) is 13.2 Å². The van der Waals surface area contributed by atoms with Crippen LogP contribution in [0.3, 0.4) is 0 Å². The summed E-state index contributed by atoms with van der Waals surface area (Å²) in [4.78, 5) is 12.6. The van der Waals surface area contributed by atoms with Gasteiger partial charge in [-0.1, -0.05) is 11.6 Å². The predicted molar refractivity (Wildman–Crippen MR) is 47.4 cm³/mol. The second-order valence-electron chi connectivity index (χ2n) is 2.19. The van der Waals surface area contributed by atoms with Crippen LogP contribution in [0.15, 0.2) is 18.3 Å². The molecule has 8 heteroatoms. The molecular weight excluding hydrogens is 237 g/mol. The molecule has 0 aliphatic heterocycles. The number of rotatable bonds is 0. The number of hydrogen-bond donors (Lipinski definition) is 2. The van der Waals surface area contributed by atoms with E-state index in [1.54, 1.807) is 18.3 Å². The molecule has 0 aliphatic carbocycles. The Bertz CT molecular complexity index is 322. The maximum atomic E-state index is 10.6. The molecule has 3 N–H and O–H groups in total. The fraction of sp³-hybridized carbons (Fsp3) is 0.143. The van der Waals surface area contributed by atoms with Crippen LogP contribution in [-0.2, 0) is 4.79 Å². The van der Waals surface area contributed by atoms with Crippen LogP contribution in [-0.4, -0.2) is 22.2 Å². The minimum Gasteiger partial charge on any atom is -0.475 e. The van der Waals surface area contributed by atoms with Gasteiger partial charge in [0, 0.05) is 6.20 Å². The fourth-order valence-corrected chi connectivity index (χ4v) is 0.518. The van der Waals surface area contributed by atoms with Crippen molar-refractivity contribution >= 4 is 23.3 Å². The normalized spacial score (nSPS) is 10.1. The molecular formula is C7H6ClF3N2O2. The lowest BCUT2D eigenvalue weighted by Crippen LogP contribution is -2.21. The molecule has 1 rings (SSSR count). The molecule has 1 aromatic heterocycles. The molecule has 1 heterocycles. The van der Waals surface area contributed by atoms with Crippen LogP contribution in [0.4, 0.5) is 18.9 Å². The maximum absolute atomic E-state index is 10.6. The summed E-state index contributed by atoms with van der Waals surface area (Å²) in [6.07, 6.45) is -3.49. The smallest absolute Gasteiger partial charge is 0.475 e. The first-order valence-electron chi connectivity index (χ1n) is 3.41. The quantitative estimate of drug-likeness (QED) is 0.682. The molecule has 0 bridgehead atoms. The monoisotopic (exact) mass is 242 g/mol. The number of halogens is 4. The Morgan fingerprint density at radius 2 is 2.00 bits per heavy atom. The van der Waals surface area contributed by atoms with Crippen molar-refractivity contribution in [2.75, 3.05) is 5.73 Å². The summed E-state index contributed by atoms with van der Waals surface area (Å²) >= 11 is 5.47. The van der Waals surface area contributed by atoms with E-state index >= 15 is 0 Å². The number of pyridine rings is 1. The minimum absolute atomic E-state index is 0.368. The molecule has 0 spiro atoms. The summed E-state index contributed by atoms with van der Waals surface area (Å²) in [5.41, 5.74) is 5.85. The summed E-state index contributed by atoms with van der Waals surface area (Å²) in [7, 11) is 0. The van der Waals surface area contributed by atoms with Crippen LogP contribution < -0.4 is 5.73 Å². The lowest BCUT2D eigenvalue weighted by atomic mass is 10.4. The lowest BCUT2D eigenvalue weighted by Gasteiger charge is -1.93. The highest BCUT2D eigenvalue weighted by Crippen LogP contribution is 2.13. The molecule has 15 heavy (non-hydrogen) atoms. The zero-order chi connectivity index (χ0) is 12.1. The first-order chi connectivity index (χ1) is 6.75. The van der Waals surface area contributed by atoms with Crippen molar-refractivity contribution in [2.24, 2.45) is 0 Å². The van der Waals surface area contributed by atoms with Crippen molar-refractivity contribution < 1.29 is 23.1 Å². The number of hydrogen-bond acceptors (Lipinski definition) is 3. The number of carbonyl (C=O) groups is 1.